The van der Waals surface area contributed by atoms with Crippen LogP contribution in [0.25, 0.3) is 0 Å². The van der Waals surface area contributed by atoms with Crippen LogP contribution in [0.4, 0.5) is 5.82 Å². The average molecular weight is 290 g/mol. The van der Waals surface area contributed by atoms with Crippen molar-refractivity contribution >= 4 is 11.7 Å². The quantitative estimate of drug-likeness (QED) is 0.852. The predicted octanol–water partition coefficient (Wildman–Crippen LogP) is 1.43. The highest BCUT2D eigenvalue weighted by molar-refractivity contribution is 5.87. The third-order valence-corrected chi connectivity index (χ3v) is 3.94. The van der Waals surface area contributed by atoms with Crippen LogP contribution in [0.15, 0.2) is 23.9 Å². The minimum Gasteiger partial charge on any atom is -0.377 e. The number of ether oxygens (including phenoxy) is 1. The van der Waals surface area contributed by atoms with E-state index >= 15 is 0 Å². The van der Waals surface area contributed by atoms with Crippen molar-refractivity contribution in [1.82, 2.24) is 14.7 Å². The van der Waals surface area contributed by atoms with Crippen molar-refractivity contribution in [2.75, 3.05) is 38.2 Å². The first-order chi connectivity index (χ1) is 10.2. The zero-order chi connectivity index (χ0) is 14.7. The zero-order valence-corrected chi connectivity index (χ0v) is 12.4. The van der Waals surface area contributed by atoms with E-state index in [0.29, 0.717) is 11.9 Å². The summed E-state index contributed by atoms with van der Waals surface area (Å²) < 4.78 is 7.46. The summed E-state index contributed by atoms with van der Waals surface area (Å²) >= 11 is 0. The van der Waals surface area contributed by atoms with Crippen LogP contribution >= 0.6 is 0 Å². The molecule has 0 radical (unpaired) electrons. The van der Waals surface area contributed by atoms with E-state index in [-0.39, 0.29) is 5.91 Å². The summed E-state index contributed by atoms with van der Waals surface area (Å²) in [5.41, 5.74) is 1.39. The number of nitrogens with zero attached hydrogens (tertiary/aromatic N) is 3. The van der Waals surface area contributed by atoms with Gasteiger partial charge in [-0.25, -0.2) is 0 Å². The van der Waals surface area contributed by atoms with Gasteiger partial charge in [-0.3, -0.25) is 14.4 Å². The van der Waals surface area contributed by atoms with Gasteiger partial charge >= 0.3 is 0 Å². The summed E-state index contributed by atoms with van der Waals surface area (Å²) in [4.78, 5) is 13.5. The van der Waals surface area contributed by atoms with Crippen molar-refractivity contribution in [1.29, 1.82) is 0 Å². The molecule has 6 nitrogen and oxygen atoms in total. The van der Waals surface area contributed by atoms with E-state index in [1.807, 2.05) is 16.9 Å². The molecule has 0 aliphatic carbocycles. The molecule has 1 atom stereocenters. The summed E-state index contributed by atoms with van der Waals surface area (Å²) in [6.45, 7) is 6.20. The smallest absolute Gasteiger partial charge is 0.222 e. The molecule has 21 heavy (non-hydrogen) atoms. The molecule has 0 aromatic carbocycles. The normalized spacial score (nSPS) is 23.1. The SMILES string of the molecule is CC(=O)Nc1ccn([C@@H]2CCN(CC3=CCCOC3)C2)n1. The van der Waals surface area contributed by atoms with Gasteiger partial charge < -0.3 is 10.1 Å². The molecular weight excluding hydrogens is 268 g/mol. The van der Waals surface area contributed by atoms with Crippen LogP contribution in [0.1, 0.15) is 25.8 Å². The molecule has 114 valence electrons. The molecule has 0 saturated carbocycles. The van der Waals surface area contributed by atoms with Gasteiger partial charge in [0, 0.05) is 38.8 Å². The number of carbonyl (C=O) groups excluding carboxylic acids is 1. The van der Waals surface area contributed by atoms with Gasteiger partial charge in [-0.05, 0) is 18.4 Å². The fraction of sp³-hybridized carbons (Fsp3) is 0.600. The lowest BCUT2D eigenvalue weighted by atomic mass is 10.2. The Morgan fingerprint density at radius 1 is 1.57 bits per heavy atom. The molecule has 1 N–H and O–H groups in total. The van der Waals surface area contributed by atoms with Crippen molar-refractivity contribution in [3.63, 3.8) is 0 Å². The number of nitrogens with one attached hydrogen (secondary N) is 1. The van der Waals surface area contributed by atoms with Crippen LogP contribution in [-0.2, 0) is 9.53 Å². The second kappa shape index (κ2) is 6.41. The standard InChI is InChI=1S/C15H22N4O2/c1-12(20)16-15-5-7-19(17-15)14-4-6-18(10-14)9-13-3-2-8-21-11-13/h3,5,7,14H,2,4,6,8-11H2,1H3,(H,16,17,20)/t14-/m1/s1. The van der Waals surface area contributed by atoms with Crippen LogP contribution in [-0.4, -0.2) is 53.4 Å². The molecule has 1 fully saturated rings. The van der Waals surface area contributed by atoms with Gasteiger partial charge in [-0.2, -0.15) is 5.10 Å². The number of hydrogen-bond acceptors (Lipinski definition) is 4. The van der Waals surface area contributed by atoms with E-state index in [4.69, 9.17) is 4.74 Å². The number of hydrogen-bond donors (Lipinski definition) is 1. The van der Waals surface area contributed by atoms with E-state index in [2.05, 4.69) is 21.4 Å². The summed E-state index contributed by atoms with van der Waals surface area (Å²) in [6.07, 6.45) is 6.38. The van der Waals surface area contributed by atoms with Gasteiger partial charge in [0.1, 0.15) is 0 Å². The Labute approximate surface area is 124 Å². The molecule has 1 amide bonds. The molecule has 0 spiro atoms. The summed E-state index contributed by atoms with van der Waals surface area (Å²) in [5.74, 6) is 0.543. The number of anilines is 1. The highest BCUT2D eigenvalue weighted by Gasteiger charge is 2.25. The summed E-state index contributed by atoms with van der Waals surface area (Å²) in [5, 5.41) is 7.15. The molecule has 0 bridgehead atoms. The molecule has 6 heteroatoms. The third kappa shape index (κ3) is 3.71. The molecule has 1 saturated heterocycles. The van der Waals surface area contributed by atoms with Gasteiger partial charge in [0.05, 0.1) is 19.3 Å². The number of amides is 1. The highest BCUT2D eigenvalue weighted by atomic mass is 16.5. The second-order valence-electron chi connectivity index (χ2n) is 5.74. The fourth-order valence-electron chi connectivity index (χ4n) is 2.97. The van der Waals surface area contributed by atoms with E-state index < -0.39 is 0 Å². The Balaban J connectivity index is 1.55. The maximum absolute atomic E-state index is 11.0. The Morgan fingerprint density at radius 3 is 3.24 bits per heavy atom. The molecule has 2 aliphatic rings. The first-order valence-electron chi connectivity index (χ1n) is 7.51. The topological polar surface area (TPSA) is 59.4 Å². The van der Waals surface area contributed by atoms with Crippen LogP contribution in [0.3, 0.4) is 0 Å². The number of likely N-dealkylation sites (tertiary alicyclic amines) is 1. The van der Waals surface area contributed by atoms with Gasteiger partial charge in [-0.15, -0.1) is 0 Å². The van der Waals surface area contributed by atoms with E-state index in [9.17, 15) is 4.79 Å². The minimum atomic E-state index is -0.0856. The number of rotatable bonds is 4. The van der Waals surface area contributed by atoms with E-state index in [0.717, 1.165) is 45.7 Å². The number of carbonyl (C=O) groups is 1. The molecule has 1 aromatic rings. The van der Waals surface area contributed by atoms with Gasteiger partial charge in [0.15, 0.2) is 5.82 Å². The van der Waals surface area contributed by atoms with Crippen molar-refractivity contribution in [2.45, 2.75) is 25.8 Å². The summed E-state index contributed by atoms with van der Waals surface area (Å²) in [6, 6.07) is 2.24. The first-order valence-corrected chi connectivity index (χ1v) is 7.51. The van der Waals surface area contributed by atoms with Crippen LogP contribution in [0, 0.1) is 0 Å². The van der Waals surface area contributed by atoms with Crippen molar-refractivity contribution in [3.8, 4) is 0 Å². The lowest BCUT2D eigenvalue weighted by molar-refractivity contribution is -0.114. The van der Waals surface area contributed by atoms with Gasteiger partial charge in [0.2, 0.25) is 5.91 Å². The third-order valence-electron chi connectivity index (χ3n) is 3.94. The lowest BCUT2D eigenvalue weighted by Gasteiger charge is -2.20. The largest absolute Gasteiger partial charge is 0.377 e. The monoisotopic (exact) mass is 290 g/mol. The van der Waals surface area contributed by atoms with E-state index in [1.165, 1.54) is 12.5 Å². The maximum atomic E-state index is 11.0. The first kappa shape index (κ1) is 14.3. The zero-order valence-electron chi connectivity index (χ0n) is 12.4. The van der Waals surface area contributed by atoms with Crippen LogP contribution in [0.5, 0.6) is 0 Å². The number of aromatic nitrogens is 2. The fourth-order valence-corrected chi connectivity index (χ4v) is 2.97. The van der Waals surface area contributed by atoms with Gasteiger partial charge in [0.25, 0.3) is 0 Å². The maximum Gasteiger partial charge on any atom is 0.222 e. The lowest BCUT2D eigenvalue weighted by Crippen LogP contribution is -2.26. The van der Waals surface area contributed by atoms with Crippen LogP contribution in [0.2, 0.25) is 0 Å². The highest BCUT2D eigenvalue weighted by Crippen LogP contribution is 2.23. The Morgan fingerprint density at radius 2 is 2.48 bits per heavy atom. The molecular formula is C15H22N4O2. The van der Waals surface area contributed by atoms with Crippen molar-refractivity contribution in [3.05, 3.63) is 23.9 Å². The molecule has 3 heterocycles. The second-order valence-corrected chi connectivity index (χ2v) is 5.74. The summed E-state index contributed by atoms with van der Waals surface area (Å²) in [7, 11) is 0. The molecule has 3 rings (SSSR count). The predicted molar refractivity (Wildman–Crippen MR) is 80.1 cm³/mol. The minimum absolute atomic E-state index is 0.0856. The Kier molecular flexibility index (Phi) is 4.36. The van der Waals surface area contributed by atoms with Crippen molar-refractivity contribution < 1.29 is 9.53 Å². The Hall–Kier alpha value is -1.66. The van der Waals surface area contributed by atoms with Crippen molar-refractivity contribution in [2.24, 2.45) is 0 Å². The molecule has 0 unspecified atom stereocenters. The molecule has 2 aliphatic heterocycles. The van der Waals surface area contributed by atoms with E-state index in [1.54, 1.807) is 0 Å². The Bertz CT molecular complexity index is 538. The average Bonchev–Trinajstić information content (AvgIpc) is 3.08. The van der Waals surface area contributed by atoms with Gasteiger partial charge in [-0.1, -0.05) is 6.08 Å². The van der Waals surface area contributed by atoms with Crippen LogP contribution < -0.4 is 5.32 Å². The molecule has 1 aromatic heterocycles.